The number of aliphatic hydroxyl groups is 2. The number of carbonyl (C=O) groups excluding carboxylic acids is 1. The summed E-state index contributed by atoms with van der Waals surface area (Å²) in [5.41, 5.74) is 0.887. The fourth-order valence-corrected chi connectivity index (χ4v) is 6.36. The molecule has 1 heterocycles. The third-order valence-corrected chi connectivity index (χ3v) is 9.23. The predicted octanol–water partition coefficient (Wildman–Crippen LogP) is 11.3. The zero-order valence-electron chi connectivity index (χ0n) is 28.2. The van der Waals surface area contributed by atoms with Gasteiger partial charge in [-0.05, 0) is 38.7 Å². The molecule has 0 aromatic rings. The molecule has 1 unspecified atom stereocenters. The Hall–Kier alpha value is -0.870. The van der Waals surface area contributed by atoms with Crippen molar-refractivity contribution >= 4 is 5.97 Å². The third-order valence-electron chi connectivity index (χ3n) is 9.23. The molecule has 42 heavy (non-hydrogen) atoms. The Morgan fingerprint density at radius 2 is 0.857 bits per heavy atom. The fourth-order valence-electron chi connectivity index (χ4n) is 6.36. The minimum atomic E-state index is -0.529. The molecule has 0 radical (unpaired) electrons. The molecule has 0 aromatic heterocycles. The molecule has 2 N–H and O–H groups in total. The van der Waals surface area contributed by atoms with Crippen LogP contribution in [-0.4, -0.2) is 34.5 Å². The highest BCUT2D eigenvalue weighted by atomic mass is 16.5. The van der Waals surface area contributed by atoms with E-state index in [4.69, 9.17) is 4.74 Å². The molecule has 0 aliphatic carbocycles. The van der Waals surface area contributed by atoms with Crippen LogP contribution in [0.3, 0.4) is 0 Å². The van der Waals surface area contributed by atoms with E-state index in [0.717, 1.165) is 44.1 Å². The van der Waals surface area contributed by atoms with Gasteiger partial charge in [-0.25, -0.2) is 4.79 Å². The van der Waals surface area contributed by atoms with E-state index in [2.05, 4.69) is 6.92 Å². The molecule has 4 heteroatoms. The zero-order valence-corrected chi connectivity index (χ0v) is 28.2. The molecule has 0 spiro atoms. The van der Waals surface area contributed by atoms with Gasteiger partial charge in [-0.15, -0.1) is 0 Å². The van der Waals surface area contributed by atoms with Crippen molar-refractivity contribution in [2.24, 2.45) is 0 Å². The summed E-state index contributed by atoms with van der Waals surface area (Å²) >= 11 is 0. The number of hydrogen-bond acceptors (Lipinski definition) is 4. The van der Waals surface area contributed by atoms with Crippen LogP contribution < -0.4 is 0 Å². The van der Waals surface area contributed by atoms with Crippen molar-refractivity contribution < 1.29 is 19.7 Å². The monoisotopic (exact) mass is 593 g/mol. The largest absolute Gasteiger partial charge is 0.455 e. The van der Waals surface area contributed by atoms with Crippen molar-refractivity contribution in [2.45, 2.75) is 225 Å². The summed E-state index contributed by atoms with van der Waals surface area (Å²) in [5.74, 6) is -0.102. The standard InChI is InChI=1S/C38H72O4/c1-3-4-5-6-7-8-15-19-22-25-28-31-36(39)37(40)32-29-26-23-20-17-14-12-10-9-11-13-16-18-21-24-27-30-35-33-34(2)42-38(35)41/h33-34,36-37,39-40H,3-32H2,1-2H3/t34?,36-,37-/m1/s1. The summed E-state index contributed by atoms with van der Waals surface area (Å²) in [6.07, 6.45) is 38.5. The van der Waals surface area contributed by atoms with E-state index in [0.29, 0.717) is 0 Å². The molecule has 248 valence electrons. The molecule has 0 amide bonds. The SMILES string of the molecule is CCCCCCCCCCCCC[C@@H](O)[C@H](O)CCCCCCCCCCCCCCCCCCC1=CC(C)OC1=O. The lowest BCUT2D eigenvalue weighted by molar-refractivity contribution is -0.139. The maximum absolute atomic E-state index is 11.6. The lowest BCUT2D eigenvalue weighted by Gasteiger charge is -2.17. The van der Waals surface area contributed by atoms with Gasteiger partial charge in [0.25, 0.3) is 0 Å². The van der Waals surface area contributed by atoms with Gasteiger partial charge in [-0.2, -0.15) is 0 Å². The van der Waals surface area contributed by atoms with Gasteiger partial charge in [-0.3, -0.25) is 0 Å². The number of esters is 1. The van der Waals surface area contributed by atoms with Gasteiger partial charge in [0.2, 0.25) is 0 Å². The molecule has 0 aromatic carbocycles. The molecular formula is C38H72O4. The second kappa shape index (κ2) is 28.9. The number of hydrogen-bond donors (Lipinski definition) is 2. The first-order valence-electron chi connectivity index (χ1n) is 18.8. The Morgan fingerprint density at radius 3 is 1.17 bits per heavy atom. The lowest BCUT2D eigenvalue weighted by atomic mass is 9.99. The highest BCUT2D eigenvalue weighted by Gasteiger charge is 2.21. The van der Waals surface area contributed by atoms with E-state index in [9.17, 15) is 15.0 Å². The van der Waals surface area contributed by atoms with Crippen LogP contribution in [0.25, 0.3) is 0 Å². The topological polar surface area (TPSA) is 66.8 Å². The number of carbonyl (C=O) groups is 1. The predicted molar refractivity (Wildman–Crippen MR) is 180 cm³/mol. The quantitative estimate of drug-likeness (QED) is 0.0602. The summed E-state index contributed by atoms with van der Waals surface area (Å²) in [6, 6.07) is 0. The maximum atomic E-state index is 11.6. The molecule has 0 fully saturated rings. The Bertz CT molecular complexity index is 631. The van der Waals surface area contributed by atoms with Gasteiger partial charge in [0.1, 0.15) is 6.10 Å². The van der Waals surface area contributed by atoms with Gasteiger partial charge < -0.3 is 14.9 Å². The van der Waals surface area contributed by atoms with E-state index in [1.807, 2.05) is 13.0 Å². The van der Waals surface area contributed by atoms with Crippen LogP contribution in [0, 0.1) is 0 Å². The van der Waals surface area contributed by atoms with Crippen molar-refractivity contribution in [3.8, 4) is 0 Å². The van der Waals surface area contributed by atoms with Gasteiger partial charge >= 0.3 is 5.97 Å². The number of rotatable bonds is 32. The normalized spacial score (nSPS) is 16.5. The highest BCUT2D eigenvalue weighted by molar-refractivity contribution is 5.90. The summed E-state index contributed by atoms with van der Waals surface area (Å²) in [5, 5.41) is 20.6. The Morgan fingerprint density at radius 1 is 0.548 bits per heavy atom. The average Bonchev–Trinajstić information content (AvgIpc) is 3.31. The number of cyclic esters (lactones) is 1. The van der Waals surface area contributed by atoms with Crippen LogP contribution >= 0.6 is 0 Å². The second-order valence-electron chi connectivity index (χ2n) is 13.5. The second-order valence-corrected chi connectivity index (χ2v) is 13.5. The molecular weight excluding hydrogens is 520 g/mol. The van der Waals surface area contributed by atoms with E-state index >= 15 is 0 Å². The highest BCUT2D eigenvalue weighted by Crippen LogP contribution is 2.21. The Kier molecular flexibility index (Phi) is 26.9. The first kappa shape index (κ1) is 39.2. The summed E-state index contributed by atoms with van der Waals surface area (Å²) in [7, 11) is 0. The first-order valence-corrected chi connectivity index (χ1v) is 18.8. The van der Waals surface area contributed by atoms with Gasteiger partial charge in [0.15, 0.2) is 0 Å². The molecule has 1 aliphatic rings. The molecule has 1 rings (SSSR count). The van der Waals surface area contributed by atoms with Crippen molar-refractivity contribution in [3.05, 3.63) is 11.6 Å². The molecule has 1 aliphatic heterocycles. The van der Waals surface area contributed by atoms with E-state index < -0.39 is 12.2 Å². The lowest BCUT2D eigenvalue weighted by Crippen LogP contribution is -2.25. The van der Waals surface area contributed by atoms with Crippen LogP contribution in [-0.2, 0) is 9.53 Å². The van der Waals surface area contributed by atoms with Crippen molar-refractivity contribution in [1.29, 1.82) is 0 Å². The van der Waals surface area contributed by atoms with Crippen LogP contribution in [0.1, 0.15) is 206 Å². The molecule has 3 atom stereocenters. The van der Waals surface area contributed by atoms with Crippen molar-refractivity contribution in [2.75, 3.05) is 0 Å². The third kappa shape index (κ3) is 23.6. The number of unbranched alkanes of at least 4 members (excludes halogenated alkanes) is 25. The minimum Gasteiger partial charge on any atom is -0.455 e. The van der Waals surface area contributed by atoms with Gasteiger partial charge in [0, 0.05) is 5.57 Å². The number of aliphatic hydroxyl groups excluding tert-OH is 2. The van der Waals surface area contributed by atoms with Gasteiger partial charge in [0.05, 0.1) is 12.2 Å². The Balaban J connectivity index is 1.74. The minimum absolute atomic E-state index is 0.0293. The summed E-state index contributed by atoms with van der Waals surface area (Å²) in [4.78, 5) is 11.6. The van der Waals surface area contributed by atoms with Crippen LogP contribution in [0.15, 0.2) is 11.6 Å². The smallest absolute Gasteiger partial charge is 0.334 e. The first-order chi connectivity index (χ1) is 20.5. The molecule has 0 bridgehead atoms. The number of ether oxygens (including phenoxy) is 1. The average molecular weight is 593 g/mol. The Labute approximate surface area is 261 Å². The summed E-state index contributed by atoms with van der Waals surface area (Å²) in [6.45, 7) is 4.20. The fraction of sp³-hybridized carbons (Fsp3) is 0.921. The van der Waals surface area contributed by atoms with Gasteiger partial charge in [-0.1, -0.05) is 174 Å². The van der Waals surface area contributed by atoms with E-state index in [1.165, 1.54) is 154 Å². The van der Waals surface area contributed by atoms with Crippen molar-refractivity contribution in [3.63, 3.8) is 0 Å². The van der Waals surface area contributed by atoms with E-state index in [1.54, 1.807) is 0 Å². The van der Waals surface area contributed by atoms with Crippen LogP contribution in [0.5, 0.6) is 0 Å². The maximum Gasteiger partial charge on any atom is 0.334 e. The van der Waals surface area contributed by atoms with Crippen LogP contribution in [0.4, 0.5) is 0 Å². The van der Waals surface area contributed by atoms with Crippen molar-refractivity contribution in [1.82, 2.24) is 0 Å². The van der Waals surface area contributed by atoms with Crippen LogP contribution in [0.2, 0.25) is 0 Å². The summed E-state index contributed by atoms with van der Waals surface area (Å²) < 4.78 is 5.15. The molecule has 0 saturated heterocycles. The zero-order chi connectivity index (χ0) is 30.5. The van der Waals surface area contributed by atoms with E-state index in [-0.39, 0.29) is 12.1 Å². The molecule has 0 saturated carbocycles. The molecule has 4 nitrogen and oxygen atoms in total.